The quantitative estimate of drug-likeness (QED) is 0.310. The lowest BCUT2D eigenvalue weighted by Crippen LogP contribution is -2.14. The molecule has 2 amide bonds. The number of aryl methyl sites for hydroxylation is 1. The number of primary amides is 1. The third-order valence-corrected chi connectivity index (χ3v) is 6.07. The molecule has 154 valence electrons. The molecule has 0 atom stereocenters. The van der Waals surface area contributed by atoms with Gasteiger partial charge in [-0.15, -0.1) is 11.8 Å². The van der Waals surface area contributed by atoms with Gasteiger partial charge in [-0.2, -0.15) is 0 Å². The van der Waals surface area contributed by atoms with E-state index >= 15 is 0 Å². The Kier molecular flexibility index (Phi) is 6.75. The first-order valence-corrected chi connectivity index (χ1v) is 10.4. The summed E-state index contributed by atoms with van der Waals surface area (Å²) >= 11 is 2.51. The molecule has 1 aromatic heterocycles. The summed E-state index contributed by atoms with van der Waals surface area (Å²) in [6, 6.07) is 11.2. The van der Waals surface area contributed by atoms with Crippen LogP contribution in [0.1, 0.15) is 10.4 Å². The van der Waals surface area contributed by atoms with E-state index in [9.17, 15) is 19.7 Å². The van der Waals surface area contributed by atoms with E-state index in [0.717, 1.165) is 27.9 Å². The standard InChI is InChI=1S/C19H17N5O4S2/c1-23-9-8-21-19(23)30-14-5-3-13(4-6-14)22-17(25)11-29-16-7-2-12(18(20)26)10-15(16)24(27)28/h2-10H,11H2,1H3,(H2,20,26)(H,22,25). The fraction of sp³-hybridized carbons (Fsp3) is 0.105. The number of carbonyl (C=O) groups is 2. The Morgan fingerprint density at radius 2 is 1.97 bits per heavy atom. The van der Waals surface area contributed by atoms with Crippen molar-refractivity contribution in [2.75, 3.05) is 11.1 Å². The Morgan fingerprint density at radius 3 is 2.57 bits per heavy atom. The fourth-order valence-electron chi connectivity index (χ4n) is 2.44. The second-order valence-corrected chi connectivity index (χ2v) is 8.15. The molecule has 0 saturated carbocycles. The number of aromatic nitrogens is 2. The van der Waals surface area contributed by atoms with Crippen LogP contribution in [0.5, 0.6) is 0 Å². The van der Waals surface area contributed by atoms with Crippen LogP contribution in [0.25, 0.3) is 0 Å². The van der Waals surface area contributed by atoms with E-state index in [2.05, 4.69) is 10.3 Å². The van der Waals surface area contributed by atoms with Gasteiger partial charge in [0.15, 0.2) is 5.16 Å². The van der Waals surface area contributed by atoms with Gasteiger partial charge in [-0.05, 0) is 36.4 Å². The van der Waals surface area contributed by atoms with Crippen LogP contribution >= 0.6 is 23.5 Å². The average Bonchev–Trinajstić information content (AvgIpc) is 3.12. The number of amides is 2. The summed E-state index contributed by atoms with van der Waals surface area (Å²) in [6.45, 7) is 0. The van der Waals surface area contributed by atoms with E-state index < -0.39 is 10.8 Å². The number of nitrogens with one attached hydrogen (secondary N) is 1. The van der Waals surface area contributed by atoms with Crippen molar-refractivity contribution in [3.63, 3.8) is 0 Å². The first kappa shape index (κ1) is 21.4. The largest absolute Gasteiger partial charge is 0.366 e. The predicted octanol–water partition coefficient (Wildman–Crippen LogP) is 3.31. The van der Waals surface area contributed by atoms with Crippen molar-refractivity contribution < 1.29 is 14.5 Å². The maximum Gasteiger partial charge on any atom is 0.283 e. The number of anilines is 1. The van der Waals surface area contributed by atoms with E-state index in [1.807, 2.05) is 29.9 Å². The Morgan fingerprint density at radius 1 is 1.23 bits per heavy atom. The summed E-state index contributed by atoms with van der Waals surface area (Å²) in [4.78, 5) is 39.6. The van der Waals surface area contributed by atoms with E-state index in [0.29, 0.717) is 5.69 Å². The highest BCUT2D eigenvalue weighted by Gasteiger charge is 2.18. The first-order chi connectivity index (χ1) is 14.3. The number of nitrogens with two attached hydrogens (primary N) is 1. The molecule has 11 heteroatoms. The van der Waals surface area contributed by atoms with Crippen molar-refractivity contribution in [2.24, 2.45) is 12.8 Å². The number of carbonyl (C=O) groups excluding carboxylic acids is 2. The molecule has 9 nitrogen and oxygen atoms in total. The van der Waals surface area contributed by atoms with Crippen molar-refractivity contribution in [1.82, 2.24) is 9.55 Å². The second-order valence-electron chi connectivity index (χ2n) is 6.09. The van der Waals surface area contributed by atoms with Gasteiger partial charge in [0.05, 0.1) is 15.6 Å². The number of nitro groups is 1. The molecule has 0 unspecified atom stereocenters. The van der Waals surface area contributed by atoms with Crippen LogP contribution in [-0.2, 0) is 11.8 Å². The number of rotatable bonds is 8. The molecule has 0 aliphatic heterocycles. The zero-order valence-corrected chi connectivity index (χ0v) is 17.4. The van der Waals surface area contributed by atoms with E-state index in [1.165, 1.54) is 23.9 Å². The van der Waals surface area contributed by atoms with Gasteiger partial charge >= 0.3 is 0 Å². The molecule has 0 saturated heterocycles. The van der Waals surface area contributed by atoms with Gasteiger partial charge in [-0.1, -0.05) is 11.8 Å². The van der Waals surface area contributed by atoms with Gasteiger partial charge < -0.3 is 15.6 Å². The Balaban J connectivity index is 1.59. The smallest absolute Gasteiger partial charge is 0.283 e. The van der Waals surface area contributed by atoms with Crippen LogP contribution in [0, 0.1) is 10.1 Å². The number of nitrogens with zero attached hydrogens (tertiary/aromatic N) is 3. The minimum Gasteiger partial charge on any atom is -0.366 e. The average molecular weight is 444 g/mol. The number of hydrogen-bond acceptors (Lipinski definition) is 7. The van der Waals surface area contributed by atoms with Crippen molar-refractivity contribution in [3.8, 4) is 0 Å². The molecule has 3 N–H and O–H groups in total. The van der Waals surface area contributed by atoms with Gasteiger partial charge in [-0.25, -0.2) is 4.98 Å². The summed E-state index contributed by atoms with van der Waals surface area (Å²) in [7, 11) is 1.91. The van der Waals surface area contributed by atoms with Crippen LogP contribution in [0.15, 0.2) is 69.8 Å². The lowest BCUT2D eigenvalue weighted by Gasteiger charge is -2.07. The zero-order chi connectivity index (χ0) is 21.7. The molecule has 0 bridgehead atoms. The summed E-state index contributed by atoms with van der Waals surface area (Å²) in [5.41, 5.74) is 5.55. The molecular formula is C19H17N5O4S2. The normalized spacial score (nSPS) is 10.6. The van der Waals surface area contributed by atoms with Gasteiger partial charge in [0.25, 0.3) is 5.69 Å². The molecule has 3 aromatic rings. The summed E-state index contributed by atoms with van der Waals surface area (Å²) in [5, 5.41) is 14.8. The van der Waals surface area contributed by atoms with Crippen LogP contribution < -0.4 is 11.1 Å². The zero-order valence-electron chi connectivity index (χ0n) is 15.8. The Bertz CT molecular complexity index is 1100. The number of thioether (sulfide) groups is 1. The van der Waals surface area contributed by atoms with Gasteiger partial charge in [-0.3, -0.25) is 19.7 Å². The molecule has 0 spiro atoms. The summed E-state index contributed by atoms with van der Waals surface area (Å²) in [6.07, 6.45) is 3.58. The Hall–Kier alpha value is -3.31. The van der Waals surface area contributed by atoms with Crippen molar-refractivity contribution in [2.45, 2.75) is 14.9 Å². The molecule has 30 heavy (non-hydrogen) atoms. The number of imidazole rings is 1. The van der Waals surface area contributed by atoms with Crippen molar-refractivity contribution >= 4 is 46.7 Å². The minimum absolute atomic E-state index is 0.0273. The molecule has 0 radical (unpaired) electrons. The third-order valence-electron chi connectivity index (χ3n) is 3.92. The van der Waals surface area contributed by atoms with Crippen LogP contribution in [0.3, 0.4) is 0 Å². The molecule has 0 fully saturated rings. The highest BCUT2D eigenvalue weighted by atomic mass is 32.2. The number of nitro benzene ring substituents is 1. The highest BCUT2D eigenvalue weighted by molar-refractivity contribution is 8.00. The number of benzene rings is 2. The topological polar surface area (TPSA) is 133 Å². The van der Waals surface area contributed by atoms with Crippen LogP contribution in [0.4, 0.5) is 11.4 Å². The summed E-state index contributed by atoms with van der Waals surface area (Å²) < 4.78 is 1.91. The molecule has 3 rings (SSSR count). The molecule has 0 aliphatic rings. The molecule has 0 aliphatic carbocycles. The SMILES string of the molecule is Cn1ccnc1Sc1ccc(NC(=O)CSc2ccc(C(N)=O)cc2[N+](=O)[O-])cc1. The highest BCUT2D eigenvalue weighted by Crippen LogP contribution is 2.30. The van der Waals surface area contributed by atoms with Crippen molar-refractivity contribution in [1.29, 1.82) is 0 Å². The second kappa shape index (κ2) is 9.46. The molecule has 1 heterocycles. The van der Waals surface area contributed by atoms with E-state index in [-0.39, 0.29) is 27.8 Å². The minimum atomic E-state index is -0.753. The molecule has 2 aromatic carbocycles. The molecular weight excluding hydrogens is 426 g/mol. The maximum absolute atomic E-state index is 12.2. The predicted molar refractivity (Wildman–Crippen MR) is 115 cm³/mol. The van der Waals surface area contributed by atoms with Crippen LogP contribution in [0.2, 0.25) is 0 Å². The van der Waals surface area contributed by atoms with E-state index in [4.69, 9.17) is 5.73 Å². The first-order valence-electron chi connectivity index (χ1n) is 8.59. The van der Waals surface area contributed by atoms with Crippen LogP contribution in [-0.4, -0.2) is 32.0 Å². The number of hydrogen-bond donors (Lipinski definition) is 2. The lowest BCUT2D eigenvalue weighted by atomic mass is 10.2. The summed E-state index contributed by atoms with van der Waals surface area (Å²) in [5.74, 6) is -1.09. The lowest BCUT2D eigenvalue weighted by molar-refractivity contribution is -0.387. The monoisotopic (exact) mass is 443 g/mol. The van der Waals surface area contributed by atoms with Gasteiger partial charge in [0.2, 0.25) is 11.8 Å². The fourth-order valence-corrected chi connectivity index (χ4v) is 4.04. The van der Waals surface area contributed by atoms with Gasteiger partial charge in [0.1, 0.15) is 0 Å². The van der Waals surface area contributed by atoms with E-state index in [1.54, 1.807) is 18.3 Å². The maximum atomic E-state index is 12.2. The Labute approximate surface area is 180 Å². The third kappa shape index (κ3) is 5.39. The van der Waals surface area contributed by atoms with Gasteiger partial charge in [0, 0.05) is 41.7 Å². The van der Waals surface area contributed by atoms with Crippen molar-refractivity contribution in [3.05, 3.63) is 70.5 Å².